The van der Waals surface area contributed by atoms with Crippen LogP contribution in [0.2, 0.25) is 0 Å². The molecule has 0 aliphatic heterocycles. The van der Waals surface area contributed by atoms with Gasteiger partial charge in [0.2, 0.25) is 11.8 Å². The lowest BCUT2D eigenvalue weighted by molar-refractivity contribution is -0.139. The first-order chi connectivity index (χ1) is 21.0. The Labute approximate surface area is 267 Å². The Kier molecular flexibility index (Phi) is 12.3. The maximum Gasteiger partial charge on any atom is 0.265 e. The first kappa shape index (κ1) is 34.5. The minimum atomic E-state index is -4.43. The van der Waals surface area contributed by atoms with Crippen LogP contribution in [0.5, 0.6) is 23.0 Å². The fourth-order valence-corrected chi connectivity index (χ4v) is 6.30. The topological polar surface area (TPSA) is 124 Å². The molecule has 0 saturated heterocycles. The predicted octanol–water partition coefficient (Wildman–Crippen LogP) is 4.62. The highest BCUT2D eigenvalue weighted by atomic mass is 79.9. The number of hydrogen-bond donors (Lipinski definition) is 1. The van der Waals surface area contributed by atoms with Gasteiger partial charge in [-0.15, -0.1) is 0 Å². The Balaban J connectivity index is 2.16. The molecule has 0 saturated carbocycles. The number of anilines is 1. The zero-order chi connectivity index (χ0) is 32.4. The first-order valence-electron chi connectivity index (χ1n) is 13.8. The minimum Gasteiger partial charge on any atom is -0.497 e. The second-order valence-corrected chi connectivity index (χ2v) is 12.5. The molecule has 238 valence electrons. The Morgan fingerprint density at radius 2 is 1.57 bits per heavy atom. The van der Waals surface area contributed by atoms with E-state index in [1.165, 1.54) is 57.6 Å². The zero-order valence-electron chi connectivity index (χ0n) is 25.6. The smallest absolute Gasteiger partial charge is 0.265 e. The van der Waals surface area contributed by atoms with E-state index < -0.39 is 28.5 Å². The van der Waals surface area contributed by atoms with Gasteiger partial charge in [-0.3, -0.25) is 13.9 Å². The van der Waals surface area contributed by atoms with E-state index in [1.54, 1.807) is 19.1 Å². The van der Waals surface area contributed by atoms with E-state index >= 15 is 0 Å². The molecule has 3 rings (SSSR count). The van der Waals surface area contributed by atoms with E-state index in [0.717, 1.165) is 14.3 Å². The van der Waals surface area contributed by atoms with Crippen molar-refractivity contribution in [3.63, 3.8) is 0 Å². The molecule has 0 heterocycles. The summed E-state index contributed by atoms with van der Waals surface area (Å²) in [6.45, 7) is 3.37. The third-order valence-corrected chi connectivity index (χ3v) is 9.08. The maximum absolute atomic E-state index is 14.4. The van der Waals surface area contributed by atoms with Crippen LogP contribution in [0, 0.1) is 0 Å². The number of carbonyl (C=O) groups excluding carboxylic acids is 2. The summed E-state index contributed by atoms with van der Waals surface area (Å²) in [4.78, 5) is 28.5. The fourth-order valence-electron chi connectivity index (χ4n) is 4.42. The molecular formula is C31H38BrN3O8S. The first-order valence-corrected chi connectivity index (χ1v) is 16.0. The van der Waals surface area contributed by atoms with E-state index in [4.69, 9.17) is 18.9 Å². The van der Waals surface area contributed by atoms with Gasteiger partial charge >= 0.3 is 0 Å². The molecule has 0 fully saturated rings. The van der Waals surface area contributed by atoms with Gasteiger partial charge in [-0.2, -0.15) is 0 Å². The van der Waals surface area contributed by atoms with Crippen LogP contribution in [0.25, 0.3) is 0 Å². The number of nitrogens with zero attached hydrogens (tertiary/aromatic N) is 2. The quantitative estimate of drug-likeness (QED) is 0.245. The van der Waals surface area contributed by atoms with E-state index in [1.807, 2.05) is 31.2 Å². The summed E-state index contributed by atoms with van der Waals surface area (Å²) < 4.78 is 52.0. The predicted molar refractivity (Wildman–Crippen MR) is 171 cm³/mol. The van der Waals surface area contributed by atoms with Crippen LogP contribution in [-0.4, -0.2) is 72.7 Å². The lowest BCUT2D eigenvalue weighted by Gasteiger charge is -2.32. The Morgan fingerprint density at radius 1 is 0.886 bits per heavy atom. The van der Waals surface area contributed by atoms with Gasteiger partial charge in [0, 0.05) is 29.7 Å². The van der Waals surface area contributed by atoms with Crippen molar-refractivity contribution < 1.29 is 37.0 Å². The summed E-state index contributed by atoms with van der Waals surface area (Å²) in [5.41, 5.74) is 0.816. The van der Waals surface area contributed by atoms with Crippen LogP contribution in [0.15, 0.2) is 70.0 Å². The van der Waals surface area contributed by atoms with Crippen molar-refractivity contribution in [1.82, 2.24) is 10.2 Å². The Morgan fingerprint density at radius 3 is 2.18 bits per heavy atom. The molecule has 3 aromatic carbocycles. The molecule has 44 heavy (non-hydrogen) atoms. The van der Waals surface area contributed by atoms with Crippen LogP contribution in [-0.2, 0) is 26.2 Å². The monoisotopic (exact) mass is 691 g/mol. The summed E-state index contributed by atoms with van der Waals surface area (Å²) >= 11 is 3.45. The third-order valence-electron chi connectivity index (χ3n) is 6.84. The second-order valence-electron chi connectivity index (χ2n) is 9.68. The minimum absolute atomic E-state index is 0.0540. The number of ether oxygens (including phenoxy) is 4. The Hall–Kier alpha value is -3.97. The number of hydrogen-bond acceptors (Lipinski definition) is 8. The van der Waals surface area contributed by atoms with Gasteiger partial charge in [0.15, 0.2) is 11.5 Å². The molecule has 0 spiro atoms. The average molecular weight is 693 g/mol. The van der Waals surface area contributed by atoms with Crippen LogP contribution in [0.4, 0.5) is 5.69 Å². The van der Waals surface area contributed by atoms with Crippen LogP contribution in [0.3, 0.4) is 0 Å². The van der Waals surface area contributed by atoms with E-state index in [9.17, 15) is 18.0 Å². The van der Waals surface area contributed by atoms with Crippen molar-refractivity contribution in [1.29, 1.82) is 0 Å². The Bertz CT molecular complexity index is 1570. The summed E-state index contributed by atoms with van der Waals surface area (Å²) in [5.74, 6) is 0.0885. The van der Waals surface area contributed by atoms with Crippen molar-refractivity contribution in [2.75, 3.05) is 45.8 Å². The molecule has 0 aliphatic rings. The summed E-state index contributed by atoms with van der Waals surface area (Å²) in [5, 5.41) is 2.83. The number of rotatable bonds is 15. The van der Waals surface area contributed by atoms with Crippen molar-refractivity contribution in [2.24, 2.45) is 0 Å². The lowest BCUT2D eigenvalue weighted by atomic mass is 10.1. The molecule has 1 unspecified atom stereocenters. The molecule has 2 amide bonds. The third kappa shape index (κ3) is 8.14. The molecule has 13 heteroatoms. The summed E-state index contributed by atoms with van der Waals surface area (Å²) in [6.07, 6.45) is 0.713. The number of carbonyl (C=O) groups is 2. The molecule has 0 bridgehead atoms. The van der Waals surface area contributed by atoms with Crippen molar-refractivity contribution in [3.05, 3.63) is 70.7 Å². The number of amides is 2. The summed E-state index contributed by atoms with van der Waals surface area (Å²) in [6, 6.07) is 15.2. The van der Waals surface area contributed by atoms with Crippen molar-refractivity contribution in [3.8, 4) is 23.0 Å². The molecule has 1 atom stereocenters. The fraction of sp³-hybridized carbons (Fsp3) is 0.355. The molecular weight excluding hydrogens is 654 g/mol. The van der Waals surface area contributed by atoms with Crippen molar-refractivity contribution >= 4 is 43.5 Å². The SMILES string of the molecule is CCCNC(=O)C(C)N(Cc1cccc(Br)c1)C(=O)CN(c1cc(OC)ccc1OC)S(=O)(=O)c1ccc(OC)c(OC)c1. The maximum atomic E-state index is 14.4. The van der Waals surface area contributed by atoms with Gasteiger partial charge < -0.3 is 29.2 Å². The molecule has 3 aromatic rings. The number of benzene rings is 3. The molecule has 0 aromatic heterocycles. The normalized spacial score (nSPS) is 11.7. The van der Waals surface area contributed by atoms with E-state index in [2.05, 4.69) is 21.2 Å². The standard InChI is InChI=1S/C31H38BrN3O8S/c1-7-15-33-31(37)21(2)34(19-22-9-8-10-23(32)16-22)30(36)20-35(26-17-24(40-3)11-13-27(26)41-4)44(38,39)25-12-14-28(42-5)29(18-25)43-6/h8-14,16-18,21H,7,15,19-20H2,1-6H3,(H,33,37). The zero-order valence-corrected chi connectivity index (χ0v) is 28.0. The number of methoxy groups -OCH3 is 4. The number of halogens is 1. The van der Waals surface area contributed by atoms with Crippen LogP contribution < -0.4 is 28.6 Å². The van der Waals surface area contributed by atoms with Gasteiger partial charge in [-0.05, 0) is 55.3 Å². The highest BCUT2D eigenvalue weighted by molar-refractivity contribution is 9.10. The number of sulfonamides is 1. The van der Waals surface area contributed by atoms with E-state index in [-0.39, 0.29) is 34.5 Å². The lowest BCUT2D eigenvalue weighted by Crippen LogP contribution is -2.51. The van der Waals surface area contributed by atoms with Gasteiger partial charge in [-0.1, -0.05) is 35.0 Å². The highest BCUT2D eigenvalue weighted by Gasteiger charge is 2.34. The molecule has 11 nitrogen and oxygen atoms in total. The van der Waals surface area contributed by atoms with Crippen molar-refractivity contribution in [2.45, 2.75) is 37.8 Å². The molecule has 0 aliphatic carbocycles. The molecule has 0 radical (unpaired) electrons. The van der Waals surface area contributed by atoms with Gasteiger partial charge in [0.1, 0.15) is 24.1 Å². The number of nitrogens with one attached hydrogen (secondary N) is 1. The average Bonchev–Trinajstić information content (AvgIpc) is 3.03. The van der Waals surface area contributed by atoms with Crippen LogP contribution >= 0.6 is 15.9 Å². The second kappa shape index (κ2) is 15.7. The highest BCUT2D eigenvalue weighted by Crippen LogP contribution is 2.37. The van der Waals surface area contributed by atoms with Gasteiger partial charge in [0.25, 0.3) is 10.0 Å². The van der Waals surface area contributed by atoms with Crippen LogP contribution in [0.1, 0.15) is 25.8 Å². The largest absolute Gasteiger partial charge is 0.497 e. The molecule has 1 N–H and O–H groups in total. The van der Waals surface area contributed by atoms with E-state index in [0.29, 0.717) is 24.5 Å². The van der Waals surface area contributed by atoms with Gasteiger partial charge in [0.05, 0.1) is 39.0 Å². The van der Waals surface area contributed by atoms with Gasteiger partial charge in [-0.25, -0.2) is 8.42 Å². The summed E-state index contributed by atoms with van der Waals surface area (Å²) in [7, 11) is 1.25.